The van der Waals surface area contributed by atoms with Crippen molar-refractivity contribution < 1.29 is 8.42 Å². The summed E-state index contributed by atoms with van der Waals surface area (Å²) in [6, 6.07) is 7.12. The van der Waals surface area contributed by atoms with Crippen molar-refractivity contribution in [3.05, 3.63) is 48.4 Å². The molecule has 0 aliphatic carbocycles. The van der Waals surface area contributed by atoms with Crippen LogP contribution in [0.3, 0.4) is 0 Å². The van der Waals surface area contributed by atoms with Gasteiger partial charge in [0, 0.05) is 30.7 Å². The number of nitrogens with zero attached hydrogens (tertiary/aromatic N) is 4. The first-order valence-electron chi connectivity index (χ1n) is 8.46. The maximum atomic E-state index is 12.0. The van der Waals surface area contributed by atoms with Gasteiger partial charge in [-0.25, -0.2) is 18.4 Å². The van der Waals surface area contributed by atoms with Crippen molar-refractivity contribution in [2.24, 2.45) is 7.05 Å². The van der Waals surface area contributed by atoms with E-state index >= 15 is 0 Å². The van der Waals surface area contributed by atoms with Gasteiger partial charge in [-0.3, -0.25) is 9.40 Å². The standard InChI is InChI=1S/C18H22N6O2S/c1-12(2)27(25,26)23-15-7-5-14(6-8-15)17-13(3)9-19-18(22-17)21-16-10-20-24(4)11-16/h5-12,23H,1-4H3,(H,19,21,22). The Labute approximate surface area is 158 Å². The summed E-state index contributed by atoms with van der Waals surface area (Å²) in [6.45, 7) is 5.20. The van der Waals surface area contributed by atoms with Crippen molar-refractivity contribution in [3.63, 3.8) is 0 Å². The van der Waals surface area contributed by atoms with Crippen molar-refractivity contribution in [2.45, 2.75) is 26.0 Å². The van der Waals surface area contributed by atoms with Gasteiger partial charge >= 0.3 is 0 Å². The number of nitrogens with one attached hydrogen (secondary N) is 2. The number of rotatable bonds is 6. The van der Waals surface area contributed by atoms with Gasteiger partial charge in [-0.2, -0.15) is 5.10 Å². The normalized spacial score (nSPS) is 11.6. The summed E-state index contributed by atoms with van der Waals surface area (Å²) >= 11 is 0. The summed E-state index contributed by atoms with van der Waals surface area (Å²) in [6.07, 6.45) is 5.27. The Morgan fingerprint density at radius 2 is 1.78 bits per heavy atom. The third kappa shape index (κ3) is 4.43. The third-order valence-electron chi connectivity index (χ3n) is 3.97. The highest BCUT2D eigenvalue weighted by Crippen LogP contribution is 2.25. The van der Waals surface area contributed by atoms with E-state index in [9.17, 15) is 8.42 Å². The van der Waals surface area contributed by atoms with Crippen molar-refractivity contribution >= 4 is 27.3 Å². The predicted octanol–water partition coefficient (Wildman–Crippen LogP) is 3.08. The summed E-state index contributed by atoms with van der Waals surface area (Å²) in [5.41, 5.74) is 3.88. The summed E-state index contributed by atoms with van der Waals surface area (Å²) in [7, 11) is -1.53. The molecule has 0 unspecified atom stereocenters. The lowest BCUT2D eigenvalue weighted by atomic mass is 10.1. The molecule has 0 atom stereocenters. The van der Waals surface area contributed by atoms with E-state index in [1.165, 1.54) is 0 Å². The monoisotopic (exact) mass is 386 g/mol. The highest BCUT2D eigenvalue weighted by Gasteiger charge is 2.15. The van der Waals surface area contributed by atoms with Gasteiger partial charge in [0.1, 0.15) is 0 Å². The predicted molar refractivity (Wildman–Crippen MR) is 106 cm³/mol. The largest absolute Gasteiger partial charge is 0.321 e. The lowest BCUT2D eigenvalue weighted by Gasteiger charge is -2.12. The SMILES string of the molecule is Cc1cnc(Nc2cnn(C)c2)nc1-c1ccc(NS(=O)(=O)C(C)C)cc1. The van der Waals surface area contributed by atoms with Gasteiger partial charge in [-0.15, -0.1) is 0 Å². The molecule has 0 spiro atoms. The quantitative estimate of drug-likeness (QED) is 0.675. The Morgan fingerprint density at radius 3 is 2.37 bits per heavy atom. The number of aryl methyl sites for hydroxylation is 2. The maximum Gasteiger partial charge on any atom is 0.235 e. The fraction of sp³-hybridized carbons (Fsp3) is 0.278. The van der Waals surface area contributed by atoms with E-state index in [4.69, 9.17) is 0 Å². The fourth-order valence-electron chi connectivity index (χ4n) is 2.39. The molecular formula is C18H22N6O2S. The maximum absolute atomic E-state index is 12.0. The molecule has 27 heavy (non-hydrogen) atoms. The highest BCUT2D eigenvalue weighted by molar-refractivity contribution is 7.93. The van der Waals surface area contributed by atoms with Gasteiger partial charge in [-0.05, 0) is 38.5 Å². The van der Waals surface area contributed by atoms with Gasteiger partial charge in [0.05, 0.1) is 22.8 Å². The van der Waals surface area contributed by atoms with Crippen LogP contribution >= 0.6 is 0 Å². The van der Waals surface area contributed by atoms with E-state index in [1.807, 2.05) is 32.3 Å². The molecule has 9 heteroatoms. The molecule has 0 saturated carbocycles. The van der Waals surface area contributed by atoms with Crippen LogP contribution in [0.5, 0.6) is 0 Å². The van der Waals surface area contributed by atoms with E-state index in [0.717, 1.165) is 22.5 Å². The Morgan fingerprint density at radius 1 is 1.07 bits per heavy atom. The van der Waals surface area contributed by atoms with Crippen molar-refractivity contribution in [2.75, 3.05) is 10.0 Å². The van der Waals surface area contributed by atoms with Crippen LogP contribution in [0.15, 0.2) is 42.9 Å². The molecule has 2 heterocycles. The molecule has 8 nitrogen and oxygen atoms in total. The third-order valence-corrected chi connectivity index (χ3v) is 5.73. The summed E-state index contributed by atoms with van der Waals surface area (Å²) in [5, 5.41) is 6.73. The molecule has 0 aliphatic heterocycles. The van der Waals surface area contributed by atoms with E-state index in [1.54, 1.807) is 43.1 Å². The average Bonchev–Trinajstić information content (AvgIpc) is 3.02. The zero-order valence-electron chi connectivity index (χ0n) is 15.6. The highest BCUT2D eigenvalue weighted by atomic mass is 32.2. The van der Waals surface area contributed by atoms with Gasteiger partial charge < -0.3 is 5.32 Å². The number of sulfonamides is 1. The van der Waals surface area contributed by atoms with Gasteiger partial charge in [0.25, 0.3) is 0 Å². The Hall–Kier alpha value is -2.94. The van der Waals surface area contributed by atoms with Crippen LogP contribution < -0.4 is 10.0 Å². The minimum Gasteiger partial charge on any atom is -0.321 e. The van der Waals surface area contributed by atoms with Gasteiger partial charge in [0.2, 0.25) is 16.0 Å². The minimum absolute atomic E-state index is 0.466. The van der Waals surface area contributed by atoms with E-state index in [2.05, 4.69) is 25.1 Å². The van der Waals surface area contributed by atoms with Crippen molar-refractivity contribution in [1.82, 2.24) is 19.7 Å². The van der Waals surface area contributed by atoms with Crippen LogP contribution in [0.2, 0.25) is 0 Å². The Balaban J connectivity index is 1.84. The molecule has 142 valence electrons. The van der Waals surface area contributed by atoms with Crippen LogP contribution in [0.1, 0.15) is 19.4 Å². The van der Waals surface area contributed by atoms with Gasteiger partial charge in [0.15, 0.2) is 0 Å². The zero-order chi connectivity index (χ0) is 19.6. The molecule has 0 saturated heterocycles. The number of hydrogen-bond donors (Lipinski definition) is 2. The molecule has 3 rings (SSSR count). The summed E-state index contributed by atoms with van der Waals surface area (Å²) in [4.78, 5) is 8.89. The number of anilines is 3. The smallest absolute Gasteiger partial charge is 0.235 e. The fourth-order valence-corrected chi connectivity index (χ4v) is 3.09. The van der Waals surface area contributed by atoms with Crippen LogP contribution in [-0.4, -0.2) is 33.4 Å². The zero-order valence-corrected chi connectivity index (χ0v) is 16.4. The van der Waals surface area contributed by atoms with Crippen LogP contribution in [-0.2, 0) is 17.1 Å². The molecule has 1 aromatic carbocycles. The van der Waals surface area contributed by atoms with Crippen LogP contribution in [0.4, 0.5) is 17.3 Å². The molecule has 0 amide bonds. The molecule has 3 aromatic rings. The molecule has 0 radical (unpaired) electrons. The number of benzene rings is 1. The lowest BCUT2D eigenvalue weighted by Crippen LogP contribution is -2.22. The molecule has 2 aromatic heterocycles. The van der Waals surface area contributed by atoms with Crippen LogP contribution in [0.25, 0.3) is 11.3 Å². The molecule has 2 N–H and O–H groups in total. The molecule has 0 fully saturated rings. The van der Waals surface area contributed by atoms with E-state index < -0.39 is 15.3 Å². The lowest BCUT2D eigenvalue weighted by molar-refractivity contribution is 0.593. The minimum atomic E-state index is -3.37. The van der Waals surface area contributed by atoms with Crippen LogP contribution in [0, 0.1) is 6.92 Å². The topological polar surface area (TPSA) is 102 Å². The average molecular weight is 386 g/mol. The molecule has 0 bridgehead atoms. The Kier molecular flexibility index (Phi) is 5.13. The molecule has 0 aliphatic rings. The summed E-state index contributed by atoms with van der Waals surface area (Å²) in [5.74, 6) is 0.466. The van der Waals surface area contributed by atoms with E-state index in [0.29, 0.717) is 11.6 Å². The van der Waals surface area contributed by atoms with E-state index in [-0.39, 0.29) is 0 Å². The second kappa shape index (κ2) is 7.36. The summed E-state index contributed by atoms with van der Waals surface area (Å²) < 4.78 is 28.2. The first-order valence-corrected chi connectivity index (χ1v) is 10.0. The second-order valence-electron chi connectivity index (χ2n) is 6.53. The molecular weight excluding hydrogens is 364 g/mol. The van der Waals surface area contributed by atoms with Crippen molar-refractivity contribution in [3.8, 4) is 11.3 Å². The first kappa shape index (κ1) is 18.8. The number of hydrogen-bond acceptors (Lipinski definition) is 6. The number of aromatic nitrogens is 4. The first-order chi connectivity index (χ1) is 12.7. The van der Waals surface area contributed by atoms with Gasteiger partial charge in [-0.1, -0.05) is 12.1 Å². The second-order valence-corrected chi connectivity index (χ2v) is 8.76. The van der Waals surface area contributed by atoms with Crippen molar-refractivity contribution in [1.29, 1.82) is 0 Å². The Bertz CT molecular complexity index is 1040.